The summed E-state index contributed by atoms with van der Waals surface area (Å²) in [6.07, 6.45) is 6.88. The van der Waals surface area contributed by atoms with Crippen LogP contribution in [0, 0.1) is 17.8 Å². The molecule has 1 aromatic rings. The van der Waals surface area contributed by atoms with E-state index in [9.17, 15) is 0 Å². The smallest absolute Gasteiger partial charge is 0.0938 e. The topological polar surface area (TPSA) is 63.8 Å². The van der Waals surface area contributed by atoms with E-state index in [4.69, 9.17) is 5.84 Å². The lowest BCUT2D eigenvalue weighted by Gasteiger charge is -2.25. The van der Waals surface area contributed by atoms with Crippen molar-refractivity contribution in [1.29, 1.82) is 0 Å². The van der Waals surface area contributed by atoms with Gasteiger partial charge >= 0.3 is 0 Å². The second-order valence-electron chi connectivity index (χ2n) is 5.22. The molecular formula is C11H18N4S. The highest BCUT2D eigenvalue weighted by atomic mass is 32.1. The normalized spacial score (nSPS) is 34.4. The van der Waals surface area contributed by atoms with Gasteiger partial charge in [-0.2, -0.15) is 0 Å². The summed E-state index contributed by atoms with van der Waals surface area (Å²) in [4.78, 5) is 0. The van der Waals surface area contributed by atoms with Crippen LogP contribution in [-0.2, 0) is 0 Å². The Labute approximate surface area is 99.8 Å². The second kappa shape index (κ2) is 4.39. The summed E-state index contributed by atoms with van der Waals surface area (Å²) in [6.45, 7) is 0. The molecule has 0 spiro atoms. The fraction of sp³-hybridized carbons (Fsp3) is 0.818. The number of hydrogen-bond acceptors (Lipinski definition) is 5. The van der Waals surface area contributed by atoms with Crippen molar-refractivity contribution in [2.75, 3.05) is 0 Å². The lowest BCUT2D eigenvalue weighted by Crippen LogP contribution is -2.31. The number of nitrogens with one attached hydrogen (secondary N) is 1. The molecule has 2 saturated carbocycles. The number of hydrazine groups is 1. The summed E-state index contributed by atoms with van der Waals surface area (Å²) in [6, 6.07) is 0.197. The van der Waals surface area contributed by atoms with Crippen molar-refractivity contribution in [2.24, 2.45) is 23.6 Å². The third kappa shape index (κ3) is 1.87. The van der Waals surface area contributed by atoms with E-state index < -0.39 is 0 Å². The fourth-order valence-corrected chi connectivity index (χ4v) is 4.07. The summed E-state index contributed by atoms with van der Waals surface area (Å²) in [5, 5.41) is 6.12. The average Bonchev–Trinajstić information content (AvgIpc) is 3.01. The summed E-state index contributed by atoms with van der Waals surface area (Å²) in [5.74, 6) is 8.43. The predicted molar refractivity (Wildman–Crippen MR) is 63.5 cm³/mol. The highest BCUT2D eigenvalue weighted by Gasteiger charge is 2.40. The molecule has 4 unspecified atom stereocenters. The largest absolute Gasteiger partial charge is 0.271 e. The van der Waals surface area contributed by atoms with Crippen molar-refractivity contribution in [3.05, 3.63) is 11.1 Å². The number of fused-ring (bicyclic) bond motifs is 2. The van der Waals surface area contributed by atoms with Crippen LogP contribution in [0.25, 0.3) is 0 Å². The monoisotopic (exact) mass is 238 g/mol. The first-order valence-electron chi connectivity index (χ1n) is 6.10. The predicted octanol–water partition coefficient (Wildman–Crippen LogP) is 1.87. The molecule has 0 radical (unpaired) electrons. The third-order valence-electron chi connectivity index (χ3n) is 4.36. The van der Waals surface area contributed by atoms with Gasteiger partial charge in [0.15, 0.2) is 0 Å². The number of hydrogen-bond donors (Lipinski definition) is 2. The van der Waals surface area contributed by atoms with Crippen LogP contribution in [-0.4, -0.2) is 9.59 Å². The molecule has 4 atom stereocenters. The fourth-order valence-electron chi connectivity index (χ4n) is 3.57. The molecule has 16 heavy (non-hydrogen) atoms. The Kier molecular flexibility index (Phi) is 2.91. The highest BCUT2D eigenvalue weighted by Crippen LogP contribution is 2.50. The molecule has 0 amide bonds. The van der Waals surface area contributed by atoms with Crippen molar-refractivity contribution in [2.45, 2.75) is 38.1 Å². The molecule has 0 aliphatic heterocycles. The molecule has 2 bridgehead atoms. The van der Waals surface area contributed by atoms with Crippen molar-refractivity contribution < 1.29 is 0 Å². The molecule has 3 rings (SSSR count). The van der Waals surface area contributed by atoms with Crippen LogP contribution in [0.15, 0.2) is 5.38 Å². The zero-order valence-electron chi connectivity index (χ0n) is 9.30. The Hall–Kier alpha value is -0.520. The van der Waals surface area contributed by atoms with E-state index in [1.807, 2.05) is 5.38 Å². The first-order chi connectivity index (χ1) is 7.86. The minimum Gasteiger partial charge on any atom is -0.271 e. The molecule has 4 nitrogen and oxygen atoms in total. The molecular weight excluding hydrogens is 220 g/mol. The summed E-state index contributed by atoms with van der Waals surface area (Å²) < 4.78 is 3.91. The van der Waals surface area contributed by atoms with Crippen LogP contribution in [0.5, 0.6) is 0 Å². The van der Waals surface area contributed by atoms with Gasteiger partial charge < -0.3 is 0 Å². The minimum atomic E-state index is 0.197. The zero-order valence-corrected chi connectivity index (χ0v) is 10.1. The number of rotatable bonds is 4. The van der Waals surface area contributed by atoms with E-state index in [2.05, 4.69) is 15.0 Å². The SMILES string of the molecule is NNC(CC1CC2CCC1C2)c1csnn1. The first-order valence-corrected chi connectivity index (χ1v) is 6.93. The number of nitrogens with zero attached hydrogens (tertiary/aromatic N) is 2. The van der Waals surface area contributed by atoms with E-state index in [0.717, 1.165) is 29.9 Å². The summed E-state index contributed by atoms with van der Waals surface area (Å²) in [5.41, 5.74) is 3.90. The van der Waals surface area contributed by atoms with E-state index in [-0.39, 0.29) is 6.04 Å². The Bertz CT molecular complexity index is 340. The van der Waals surface area contributed by atoms with Crippen LogP contribution in [0.1, 0.15) is 43.8 Å². The number of nitrogens with two attached hydrogens (primary N) is 1. The van der Waals surface area contributed by atoms with E-state index in [0.29, 0.717) is 0 Å². The quantitative estimate of drug-likeness (QED) is 0.621. The maximum atomic E-state index is 5.63. The third-order valence-corrected chi connectivity index (χ3v) is 4.88. The Morgan fingerprint density at radius 3 is 3.00 bits per heavy atom. The maximum Gasteiger partial charge on any atom is 0.0938 e. The van der Waals surface area contributed by atoms with Gasteiger partial charge in [0.05, 0.1) is 11.7 Å². The van der Waals surface area contributed by atoms with E-state index in [1.165, 1.54) is 37.2 Å². The lowest BCUT2D eigenvalue weighted by atomic mass is 9.84. The molecule has 88 valence electrons. The second-order valence-corrected chi connectivity index (χ2v) is 5.83. The van der Waals surface area contributed by atoms with Crippen LogP contribution in [0.3, 0.4) is 0 Å². The lowest BCUT2D eigenvalue weighted by molar-refractivity contribution is 0.278. The van der Waals surface area contributed by atoms with Gasteiger partial charge in [0.25, 0.3) is 0 Å². The standard InChI is InChI=1S/C11H18N4S/c12-13-10(11-6-16-15-14-11)5-9-4-7-1-2-8(9)3-7/h6-10,13H,1-5,12H2. The Balaban J connectivity index is 1.65. The Morgan fingerprint density at radius 1 is 1.50 bits per heavy atom. The van der Waals surface area contributed by atoms with Gasteiger partial charge in [0.1, 0.15) is 0 Å². The van der Waals surface area contributed by atoms with Crippen molar-refractivity contribution in [1.82, 2.24) is 15.0 Å². The average molecular weight is 238 g/mol. The zero-order chi connectivity index (χ0) is 11.0. The number of aromatic nitrogens is 2. The van der Waals surface area contributed by atoms with Crippen molar-refractivity contribution in [3.8, 4) is 0 Å². The Morgan fingerprint density at radius 2 is 2.44 bits per heavy atom. The molecule has 3 N–H and O–H groups in total. The van der Waals surface area contributed by atoms with Crippen LogP contribution in [0.4, 0.5) is 0 Å². The van der Waals surface area contributed by atoms with Gasteiger partial charge in [-0.3, -0.25) is 11.3 Å². The maximum absolute atomic E-state index is 5.63. The molecule has 5 heteroatoms. The van der Waals surface area contributed by atoms with Gasteiger partial charge in [-0.05, 0) is 55.0 Å². The van der Waals surface area contributed by atoms with Crippen LogP contribution < -0.4 is 11.3 Å². The molecule has 0 saturated heterocycles. The highest BCUT2D eigenvalue weighted by molar-refractivity contribution is 7.03. The van der Waals surface area contributed by atoms with Crippen LogP contribution >= 0.6 is 11.5 Å². The molecule has 0 aromatic carbocycles. The van der Waals surface area contributed by atoms with E-state index >= 15 is 0 Å². The molecule has 1 heterocycles. The molecule has 2 aliphatic rings. The summed E-state index contributed by atoms with van der Waals surface area (Å²) in [7, 11) is 0. The minimum absolute atomic E-state index is 0.197. The van der Waals surface area contributed by atoms with Gasteiger partial charge in [-0.1, -0.05) is 10.9 Å². The van der Waals surface area contributed by atoms with Gasteiger partial charge in [-0.25, -0.2) is 0 Å². The summed E-state index contributed by atoms with van der Waals surface area (Å²) >= 11 is 1.40. The van der Waals surface area contributed by atoms with E-state index in [1.54, 1.807) is 0 Å². The van der Waals surface area contributed by atoms with Gasteiger partial charge in [0, 0.05) is 5.38 Å². The first kappa shape index (κ1) is 10.6. The van der Waals surface area contributed by atoms with Gasteiger partial charge in [0.2, 0.25) is 0 Å². The molecule has 2 aliphatic carbocycles. The van der Waals surface area contributed by atoms with Crippen LogP contribution in [0.2, 0.25) is 0 Å². The van der Waals surface area contributed by atoms with Crippen molar-refractivity contribution in [3.63, 3.8) is 0 Å². The molecule has 1 aromatic heterocycles. The molecule has 2 fully saturated rings. The van der Waals surface area contributed by atoms with Crippen molar-refractivity contribution >= 4 is 11.5 Å². The van der Waals surface area contributed by atoms with Gasteiger partial charge in [-0.15, -0.1) is 5.10 Å².